The quantitative estimate of drug-likeness (QED) is 0.887. The summed E-state index contributed by atoms with van der Waals surface area (Å²) in [5, 5.41) is 3.48. The van der Waals surface area contributed by atoms with E-state index in [-0.39, 0.29) is 5.54 Å². The molecule has 0 bridgehead atoms. The summed E-state index contributed by atoms with van der Waals surface area (Å²) >= 11 is 0. The predicted molar refractivity (Wildman–Crippen MR) is 83.8 cm³/mol. The van der Waals surface area contributed by atoms with Gasteiger partial charge in [-0.3, -0.25) is 4.90 Å². The Balaban J connectivity index is 1.93. The summed E-state index contributed by atoms with van der Waals surface area (Å²) in [4.78, 5) is 2.49. The first-order valence-electron chi connectivity index (χ1n) is 7.88. The first-order valence-corrected chi connectivity index (χ1v) is 7.88. The van der Waals surface area contributed by atoms with Crippen LogP contribution < -0.4 is 5.32 Å². The molecule has 0 saturated heterocycles. The average Bonchev–Trinajstić information content (AvgIpc) is 2.96. The second kappa shape index (κ2) is 6.31. The topological polar surface area (TPSA) is 28.4 Å². The van der Waals surface area contributed by atoms with Gasteiger partial charge in [0.05, 0.1) is 6.54 Å². The van der Waals surface area contributed by atoms with Crippen LogP contribution in [0.2, 0.25) is 0 Å². The van der Waals surface area contributed by atoms with Gasteiger partial charge in [0.1, 0.15) is 11.5 Å². The third-order valence-electron chi connectivity index (χ3n) is 4.23. The van der Waals surface area contributed by atoms with Crippen LogP contribution >= 0.6 is 0 Å². The maximum atomic E-state index is 5.88. The standard InChI is InChI=1S/C17H30N2O/c1-13-14(12-19(5)15-8-6-7-9-15)10-16(20-13)11-18-17(2,3)4/h10,15,18H,6-9,11-12H2,1-5H3. The molecule has 0 spiro atoms. The number of nitrogens with zero attached hydrogens (tertiary/aromatic N) is 1. The van der Waals surface area contributed by atoms with Crippen LogP contribution in [0.15, 0.2) is 10.5 Å². The Morgan fingerprint density at radius 2 is 1.95 bits per heavy atom. The fourth-order valence-electron chi connectivity index (χ4n) is 2.93. The van der Waals surface area contributed by atoms with Crippen LogP contribution in [0, 0.1) is 6.92 Å². The predicted octanol–water partition coefficient (Wildman–Crippen LogP) is 3.85. The highest BCUT2D eigenvalue weighted by Gasteiger charge is 2.21. The fraction of sp³-hybridized carbons (Fsp3) is 0.765. The Kier molecular flexibility index (Phi) is 4.92. The SMILES string of the molecule is Cc1oc(CNC(C)(C)C)cc1CN(C)C1CCCC1. The molecule has 0 aliphatic heterocycles. The summed E-state index contributed by atoms with van der Waals surface area (Å²) < 4.78 is 5.88. The molecule has 0 amide bonds. The zero-order chi connectivity index (χ0) is 14.8. The molecule has 0 atom stereocenters. The third kappa shape index (κ3) is 4.35. The molecule has 0 aromatic carbocycles. The smallest absolute Gasteiger partial charge is 0.118 e. The van der Waals surface area contributed by atoms with Crippen molar-refractivity contribution in [3.63, 3.8) is 0 Å². The first-order chi connectivity index (χ1) is 9.35. The minimum Gasteiger partial charge on any atom is -0.465 e. The summed E-state index contributed by atoms with van der Waals surface area (Å²) in [5.41, 5.74) is 1.46. The Morgan fingerprint density at radius 3 is 2.55 bits per heavy atom. The first kappa shape index (κ1) is 15.6. The van der Waals surface area contributed by atoms with Crippen LogP contribution in [0.25, 0.3) is 0 Å². The molecule has 3 nitrogen and oxygen atoms in total. The van der Waals surface area contributed by atoms with Crippen LogP contribution in [-0.4, -0.2) is 23.5 Å². The van der Waals surface area contributed by atoms with E-state index in [1.165, 1.54) is 31.2 Å². The Labute approximate surface area is 123 Å². The van der Waals surface area contributed by atoms with Gasteiger partial charge in [0.15, 0.2) is 0 Å². The van der Waals surface area contributed by atoms with Gasteiger partial charge < -0.3 is 9.73 Å². The second-order valence-electron chi connectivity index (χ2n) is 7.25. The number of nitrogens with one attached hydrogen (secondary N) is 1. The normalized spacial score (nSPS) is 17.3. The summed E-state index contributed by atoms with van der Waals surface area (Å²) in [5.74, 6) is 2.12. The van der Waals surface area contributed by atoms with Crippen LogP contribution in [0.4, 0.5) is 0 Å². The molecule has 114 valence electrons. The molecule has 1 aliphatic carbocycles. The van der Waals surface area contributed by atoms with Crippen molar-refractivity contribution in [2.75, 3.05) is 7.05 Å². The van der Waals surface area contributed by atoms with Gasteiger partial charge in [-0.2, -0.15) is 0 Å². The number of hydrogen-bond donors (Lipinski definition) is 1. The molecule has 1 saturated carbocycles. The maximum Gasteiger partial charge on any atom is 0.118 e. The Bertz CT molecular complexity index is 425. The van der Waals surface area contributed by atoms with Crippen molar-refractivity contribution >= 4 is 0 Å². The lowest BCUT2D eigenvalue weighted by Crippen LogP contribution is -2.34. The van der Waals surface area contributed by atoms with Crippen molar-refractivity contribution in [3.05, 3.63) is 23.2 Å². The largest absolute Gasteiger partial charge is 0.465 e. The highest BCUT2D eigenvalue weighted by atomic mass is 16.3. The zero-order valence-corrected chi connectivity index (χ0v) is 13.8. The minimum absolute atomic E-state index is 0.126. The van der Waals surface area contributed by atoms with Gasteiger partial charge in [-0.05, 0) is 53.7 Å². The second-order valence-corrected chi connectivity index (χ2v) is 7.25. The van der Waals surface area contributed by atoms with E-state index in [1.54, 1.807) is 0 Å². The van der Waals surface area contributed by atoms with E-state index >= 15 is 0 Å². The van der Waals surface area contributed by atoms with Crippen molar-refractivity contribution in [2.24, 2.45) is 0 Å². The minimum atomic E-state index is 0.126. The van der Waals surface area contributed by atoms with Crippen LogP contribution in [0.1, 0.15) is 63.5 Å². The molecule has 0 unspecified atom stereocenters. The van der Waals surface area contributed by atoms with E-state index in [4.69, 9.17) is 4.42 Å². The highest BCUT2D eigenvalue weighted by Crippen LogP contribution is 2.25. The molecule has 1 fully saturated rings. The Hall–Kier alpha value is -0.800. The Morgan fingerprint density at radius 1 is 1.30 bits per heavy atom. The lowest BCUT2D eigenvalue weighted by atomic mass is 10.1. The van der Waals surface area contributed by atoms with E-state index in [9.17, 15) is 0 Å². The van der Waals surface area contributed by atoms with Crippen LogP contribution in [0.3, 0.4) is 0 Å². The maximum absolute atomic E-state index is 5.88. The van der Waals surface area contributed by atoms with Gasteiger partial charge in [-0.1, -0.05) is 12.8 Å². The summed E-state index contributed by atoms with van der Waals surface area (Å²) in [6.45, 7) is 10.4. The summed E-state index contributed by atoms with van der Waals surface area (Å²) in [7, 11) is 2.25. The molecule has 0 radical (unpaired) electrons. The molecule has 20 heavy (non-hydrogen) atoms. The highest BCUT2D eigenvalue weighted by molar-refractivity contribution is 5.21. The van der Waals surface area contributed by atoms with Gasteiger partial charge in [-0.15, -0.1) is 0 Å². The monoisotopic (exact) mass is 278 g/mol. The van der Waals surface area contributed by atoms with E-state index in [2.05, 4.69) is 51.0 Å². The van der Waals surface area contributed by atoms with Crippen molar-refractivity contribution < 1.29 is 4.42 Å². The average molecular weight is 278 g/mol. The number of rotatable bonds is 5. The number of furan rings is 1. The van der Waals surface area contributed by atoms with Crippen molar-refractivity contribution in [3.8, 4) is 0 Å². The molecule has 1 aliphatic rings. The van der Waals surface area contributed by atoms with Gasteiger partial charge >= 0.3 is 0 Å². The molecule has 2 rings (SSSR count). The van der Waals surface area contributed by atoms with Gasteiger partial charge in [0.2, 0.25) is 0 Å². The van der Waals surface area contributed by atoms with Crippen LogP contribution in [-0.2, 0) is 13.1 Å². The number of aryl methyl sites for hydroxylation is 1. The lowest BCUT2D eigenvalue weighted by molar-refractivity contribution is 0.236. The fourth-order valence-corrected chi connectivity index (χ4v) is 2.93. The van der Waals surface area contributed by atoms with Gasteiger partial charge in [0.25, 0.3) is 0 Å². The van der Waals surface area contributed by atoms with E-state index in [1.807, 2.05) is 0 Å². The molecule has 1 heterocycles. The molecule has 1 N–H and O–H groups in total. The molecule has 1 aromatic heterocycles. The zero-order valence-electron chi connectivity index (χ0n) is 13.8. The summed E-state index contributed by atoms with van der Waals surface area (Å²) in [6.07, 6.45) is 5.48. The van der Waals surface area contributed by atoms with E-state index < -0.39 is 0 Å². The van der Waals surface area contributed by atoms with Crippen LogP contribution in [0.5, 0.6) is 0 Å². The van der Waals surface area contributed by atoms with Crippen molar-refractivity contribution in [1.82, 2.24) is 10.2 Å². The van der Waals surface area contributed by atoms with Gasteiger partial charge in [0, 0.05) is 23.7 Å². The lowest BCUT2D eigenvalue weighted by Gasteiger charge is -2.23. The third-order valence-corrected chi connectivity index (χ3v) is 4.23. The molecule has 3 heteroatoms. The number of hydrogen-bond acceptors (Lipinski definition) is 3. The molecular weight excluding hydrogens is 248 g/mol. The molecule has 1 aromatic rings. The molecular formula is C17H30N2O. The van der Waals surface area contributed by atoms with Gasteiger partial charge in [-0.25, -0.2) is 0 Å². The van der Waals surface area contributed by atoms with E-state index in [0.29, 0.717) is 0 Å². The van der Waals surface area contributed by atoms with E-state index in [0.717, 1.165) is 30.7 Å². The summed E-state index contributed by atoms with van der Waals surface area (Å²) in [6, 6.07) is 2.99. The van der Waals surface area contributed by atoms with Crippen molar-refractivity contribution in [2.45, 2.75) is 78.0 Å². The van der Waals surface area contributed by atoms with Crippen molar-refractivity contribution in [1.29, 1.82) is 0 Å².